The second-order valence-electron chi connectivity index (χ2n) is 11.9. The monoisotopic (exact) mass is 622 g/mol. The van der Waals surface area contributed by atoms with Crippen LogP contribution in [0.4, 0.5) is 10.6 Å². The number of piperazine rings is 1. The van der Waals surface area contributed by atoms with Crippen molar-refractivity contribution >= 4 is 29.7 Å². The molecule has 2 N–H and O–H groups in total. The molecule has 1 aromatic carbocycles. The summed E-state index contributed by atoms with van der Waals surface area (Å²) in [5.41, 5.74) is 0.847. The van der Waals surface area contributed by atoms with Gasteiger partial charge in [0.1, 0.15) is 17.6 Å². The number of hydrogen-bond donors (Lipinski definition) is 2. The zero-order chi connectivity index (χ0) is 31.9. The third-order valence-corrected chi connectivity index (χ3v) is 8.85. The first-order chi connectivity index (χ1) is 21.8. The molecule has 1 aliphatic carbocycles. The normalized spacial score (nSPS) is 21.2. The first kappa shape index (κ1) is 32.1. The minimum absolute atomic E-state index is 0.0843. The predicted molar refractivity (Wildman–Crippen MR) is 165 cm³/mol. The van der Waals surface area contributed by atoms with Crippen LogP contribution in [0, 0.1) is 17.8 Å². The largest absolute Gasteiger partial charge is 0.481 e. The number of unbranched alkanes of at least 4 members (excludes halogenated alkanes) is 1. The lowest BCUT2D eigenvalue weighted by atomic mass is 10.1. The van der Waals surface area contributed by atoms with Crippen LogP contribution in [0.5, 0.6) is 0 Å². The van der Waals surface area contributed by atoms with Gasteiger partial charge in [0.2, 0.25) is 5.91 Å². The Hall–Kier alpha value is -4.26. The Morgan fingerprint density at radius 2 is 1.71 bits per heavy atom. The second-order valence-corrected chi connectivity index (χ2v) is 11.9. The highest BCUT2D eigenvalue weighted by molar-refractivity contribution is 5.97. The number of rotatable bonds is 13. The van der Waals surface area contributed by atoms with Gasteiger partial charge in [-0.25, -0.2) is 14.8 Å². The molecule has 1 aromatic heterocycles. The number of ether oxygens (including phenoxy) is 2. The molecule has 2 aliphatic heterocycles. The van der Waals surface area contributed by atoms with Crippen molar-refractivity contribution in [2.24, 2.45) is 17.8 Å². The van der Waals surface area contributed by atoms with Gasteiger partial charge < -0.3 is 34.6 Å². The van der Waals surface area contributed by atoms with Crippen molar-refractivity contribution in [3.05, 3.63) is 42.1 Å². The van der Waals surface area contributed by atoms with Gasteiger partial charge in [0.15, 0.2) is 5.82 Å². The predicted octanol–water partition coefficient (Wildman–Crippen LogP) is 2.52. The number of methoxy groups -OCH3 is 1. The Kier molecular flexibility index (Phi) is 10.5. The molecule has 0 radical (unpaired) electrons. The molecule has 0 bridgehead atoms. The summed E-state index contributed by atoms with van der Waals surface area (Å²) in [7, 11) is 1.72. The van der Waals surface area contributed by atoms with Gasteiger partial charge in [-0.15, -0.1) is 0 Å². The van der Waals surface area contributed by atoms with Crippen LogP contribution in [-0.2, 0) is 19.1 Å². The van der Waals surface area contributed by atoms with Crippen molar-refractivity contribution in [1.29, 1.82) is 0 Å². The van der Waals surface area contributed by atoms with Crippen molar-refractivity contribution in [2.45, 2.75) is 38.6 Å². The number of fused-ring (bicyclic) bond motifs is 1. The molecule has 2 saturated heterocycles. The SMILES string of the molecule is CCCCOC(=O)N1CCN(C(=O)[C@H](CCC(=O)O)NC(=O)c2cc(N3CC4C(COC)C4C3)nc(-c3ccccc3)n2)CC1. The molecule has 5 rings (SSSR count). The van der Waals surface area contributed by atoms with Crippen LogP contribution < -0.4 is 10.2 Å². The van der Waals surface area contributed by atoms with Crippen molar-refractivity contribution in [3.63, 3.8) is 0 Å². The molecule has 242 valence electrons. The zero-order valence-corrected chi connectivity index (χ0v) is 25.9. The van der Waals surface area contributed by atoms with E-state index in [2.05, 4.69) is 15.2 Å². The van der Waals surface area contributed by atoms with Crippen molar-refractivity contribution in [2.75, 3.05) is 64.5 Å². The quantitative estimate of drug-likeness (QED) is 0.319. The van der Waals surface area contributed by atoms with Crippen LogP contribution in [0.2, 0.25) is 0 Å². The van der Waals surface area contributed by atoms with E-state index in [0.29, 0.717) is 36.0 Å². The van der Waals surface area contributed by atoms with Crippen molar-refractivity contribution in [1.82, 2.24) is 25.1 Å². The Morgan fingerprint density at radius 1 is 1.02 bits per heavy atom. The Labute approximate surface area is 262 Å². The van der Waals surface area contributed by atoms with Gasteiger partial charge in [0.25, 0.3) is 5.91 Å². The minimum atomic E-state index is -1.08. The molecule has 2 aromatic rings. The number of hydrogen-bond acceptors (Lipinski definition) is 9. The van der Waals surface area contributed by atoms with Gasteiger partial charge >= 0.3 is 12.1 Å². The highest BCUT2D eigenvalue weighted by Gasteiger charge is 2.55. The standard InChI is InChI=1S/C32H42N6O7/c1-3-4-16-45-32(43)37-14-12-36(13-15-37)31(42)25(10-11-28(39)40)34-30(41)26-17-27(35-29(33-26)21-8-6-5-7-9-21)38-18-22-23(19-38)24(22)20-44-2/h5-9,17,22-25H,3-4,10-16,18-20H2,1-2H3,(H,34,41)(H,39,40)/t22?,23?,24?,25-/m0/s1. The summed E-state index contributed by atoms with van der Waals surface area (Å²) in [6.45, 7) is 5.78. The van der Waals surface area contributed by atoms with Gasteiger partial charge in [-0.2, -0.15) is 0 Å². The number of aliphatic carboxylic acids is 1. The molecule has 45 heavy (non-hydrogen) atoms. The number of amides is 3. The summed E-state index contributed by atoms with van der Waals surface area (Å²) in [6, 6.07) is 9.93. The van der Waals surface area contributed by atoms with Gasteiger partial charge in [0.05, 0.1) is 6.61 Å². The van der Waals surface area contributed by atoms with E-state index >= 15 is 0 Å². The summed E-state index contributed by atoms with van der Waals surface area (Å²) in [6.07, 6.45) is 0.897. The number of nitrogens with one attached hydrogen (secondary N) is 1. The lowest BCUT2D eigenvalue weighted by molar-refractivity contribution is -0.138. The fourth-order valence-electron chi connectivity index (χ4n) is 6.19. The average Bonchev–Trinajstić information content (AvgIpc) is 3.48. The summed E-state index contributed by atoms with van der Waals surface area (Å²) in [5.74, 6) is 0.554. The number of carboxylic acids is 1. The zero-order valence-electron chi connectivity index (χ0n) is 25.9. The average molecular weight is 623 g/mol. The number of aromatic nitrogens is 2. The second kappa shape index (κ2) is 14.7. The molecule has 3 heterocycles. The molecule has 13 heteroatoms. The number of anilines is 1. The molecular formula is C32H42N6O7. The summed E-state index contributed by atoms with van der Waals surface area (Å²) >= 11 is 0. The van der Waals surface area contributed by atoms with E-state index in [1.54, 1.807) is 23.0 Å². The Morgan fingerprint density at radius 3 is 2.36 bits per heavy atom. The molecule has 3 amide bonds. The number of nitrogens with zero attached hydrogens (tertiary/aromatic N) is 5. The fourth-order valence-corrected chi connectivity index (χ4v) is 6.19. The van der Waals surface area contributed by atoms with Gasteiger partial charge in [0, 0.05) is 71.0 Å². The summed E-state index contributed by atoms with van der Waals surface area (Å²) in [5, 5.41) is 12.1. The van der Waals surface area contributed by atoms with Crippen LogP contribution in [0.15, 0.2) is 36.4 Å². The summed E-state index contributed by atoms with van der Waals surface area (Å²) < 4.78 is 10.6. The number of piperidine rings is 1. The van der Waals surface area contributed by atoms with Crippen molar-refractivity contribution in [3.8, 4) is 11.4 Å². The molecule has 3 aliphatic rings. The van der Waals surface area contributed by atoms with E-state index in [0.717, 1.165) is 38.1 Å². The Balaban J connectivity index is 1.30. The highest BCUT2D eigenvalue weighted by Crippen LogP contribution is 2.52. The topological polar surface area (TPSA) is 154 Å². The fraction of sp³-hybridized carbons (Fsp3) is 0.562. The van der Waals surface area contributed by atoms with Crippen LogP contribution in [0.3, 0.4) is 0 Å². The number of carboxylic acid groups (broad SMARTS) is 1. The molecule has 3 fully saturated rings. The Bertz CT molecular complexity index is 1360. The molecule has 3 atom stereocenters. The number of carbonyl (C=O) groups is 4. The minimum Gasteiger partial charge on any atom is -0.481 e. The molecule has 0 spiro atoms. The van der Waals surface area contributed by atoms with E-state index < -0.39 is 29.9 Å². The van der Waals surface area contributed by atoms with Crippen molar-refractivity contribution < 1.29 is 33.8 Å². The molecule has 1 saturated carbocycles. The molecule has 2 unspecified atom stereocenters. The highest BCUT2D eigenvalue weighted by atomic mass is 16.6. The first-order valence-electron chi connectivity index (χ1n) is 15.7. The lowest BCUT2D eigenvalue weighted by Gasteiger charge is -2.36. The van der Waals surface area contributed by atoms with E-state index in [1.165, 1.54) is 0 Å². The van der Waals surface area contributed by atoms with Gasteiger partial charge in [-0.3, -0.25) is 14.4 Å². The third-order valence-electron chi connectivity index (χ3n) is 8.85. The van der Waals surface area contributed by atoms with Gasteiger partial charge in [-0.1, -0.05) is 43.7 Å². The number of benzene rings is 1. The maximum Gasteiger partial charge on any atom is 0.409 e. The maximum atomic E-state index is 13.7. The van der Waals surface area contributed by atoms with Crippen LogP contribution in [-0.4, -0.2) is 114 Å². The van der Waals surface area contributed by atoms with E-state index in [-0.39, 0.29) is 44.7 Å². The molecule has 13 nitrogen and oxygen atoms in total. The van der Waals surface area contributed by atoms with Crippen LogP contribution in [0.1, 0.15) is 43.1 Å². The van der Waals surface area contributed by atoms with E-state index in [4.69, 9.17) is 14.5 Å². The number of carbonyl (C=O) groups excluding carboxylic acids is 3. The lowest BCUT2D eigenvalue weighted by Crippen LogP contribution is -2.56. The van der Waals surface area contributed by atoms with E-state index in [1.807, 2.05) is 37.3 Å². The first-order valence-corrected chi connectivity index (χ1v) is 15.7. The summed E-state index contributed by atoms with van der Waals surface area (Å²) in [4.78, 5) is 65.7. The van der Waals surface area contributed by atoms with Crippen LogP contribution >= 0.6 is 0 Å². The van der Waals surface area contributed by atoms with Gasteiger partial charge in [-0.05, 0) is 30.6 Å². The molecular weight excluding hydrogens is 580 g/mol. The smallest absolute Gasteiger partial charge is 0.409 e. The maximum absolute atomic E-state index is 13.7. The van der Waals surface area contributed by atoms with E-state index in [9.17, 15) is 24.3 Å². The van der Waals surface area contributed by atoms with Crippen LogP contribution in [0.25, 0.3) is 11.4 Å². The third kappa shape index (κ3) is 7.88.